The molecule has 6 heteroatoms. The van der Waals surface area contributed by atoms with Crippen molar-refractivity contribution in [1.82, 2.24) is 15.2 Å². The number of aromatic nitrogens is 1. The molecule has 1 fully saturated rings. The molecule has 1 atom stereocenters. The lowest BCUT2D eigenvalue weighted by atomic mass is 10.2. The number of carboxylic acids is 1. The summed E-state index contributed by atoms with van der Waals surface area (Å²) >= 11 is 0. The van der Waals surface area contributed by atoms with E-state index in [9.17, 15) is 9.59 Å². The maximum Gasteiger partial charge on any atom is 0.323 e. The van der Waals surface area contributed by atoms with Crippen molar-refractivity contribution in [3.05, 3.63) is 30.1 Å². The van der Waals surface area contributed by atoms with Crippen LogP contribution < -0.4 is 5.32 Å². The lowest BCUT2D eigenvalue weighted by Gasteiger charge is -2.23. The second-order valence-electron chi connectivity index (χ2n) is 4.68. The molecule has 19 heavy (non-hydrogen) atoms. The number of nitrogens with zero attached hydrogens (tertiary/aromatic N) is 2. The van der Waals surface area contributed by atoms with Crippen LogP contribution in [0.4, 0.5) is 4.79 Å². The summed E-state index contributed by atoms with van der Waals surface area (Å²) < 4.78 is 0. The van der Waals surface area contributed by atoms with Gasteiger partial charge in [-0.05, 0) is 31.9 Å². The van der Waals surface area contributed by atoms with Crippen LogP contribution in [0.3, 0.4) is 0 Å². The second-order valence-corrected chi connectivity index (χ2v) is 4.68. The van der Waals surface area contributed by atoms with Gasteiger partial charge in [-0.25, -0.2) is 4.79 Å². The normalized spacial score (nSPS) is 15.6. The molecule has 0 aromatic carbocycles. The Balaban J connectivity index is 1.97. The summed E-state index contributed by atoms with van der Waals surface area (Å²) in [6.07, 6.45) is 3.41. The summed E-state index contributed by atoms with van der Waals surface area (Å²) in [7, 11) is 0. The Hall–Kier alpha value is -2.11. The molecule has 2 amide bonds. The fourth-order valence-corrected chi connectivity index (χ4v) is 1.87. The summed E-state index contributed by atoms with van der Waals surface area (Å²) in [6.45, 7) is 1.57. The molecule has 102 valence electrons. The van der Waals surface area contributed by atoms with Crippen LogP contribution in [-0.2, 0) is 4.79 Å². The topological polar surface area (TPSA) is 82.5 Å². The van der Waals surface area contributed by atoms with Crippen LogP contribution in [0, 0.1) is 0 Å². The fraction of sp³-hybridized carbons (Fsp3) is 0.462. The van der Waals surface area contributed by atoms with Gasteiger partial charge in [0.1, 0.15) is 6.54 Å². The number of carboxylic acid groups (broad SMARTS) is 1. The molecule has 2 rings (SSSR count). The molecule has 6 nitrogen and oxygen atoms in total. The molecule has 0 spiro atoms. The van der Waals surface area contributed by atoms with Crippen molar-refractivity contribution < 1.29 is 14.7 Å². The molecule has 1 aliphatic carbocycles. The van der Waals surface area contributed by atoms with Crippen LogP contribution >= 0.6 is 0 Å². The Bertz CT molecular complexity index is 459. The SMILES string of the molecule is CC(NC(=O)N(CC(=O)O)C1CC1)c1ccccn1. The molecule has 0 saturated heterocycles. The molecule has 0 aliphatic heterocycles. The predicted molar refractivity (Wildman–Crippen MR) is 68.5 cm³/mol. The third-order valence-corrected chi connectivity index (χ3v) is 3.03. The highest BCUT2D eigenvalue weighted by Gasteiger charge is 2.34. The number of carbonyl (C=O) groups is 2. The van der Waals surface area contributed by atoms with E-state index in [1.807, 2.05) is 19.1 Å². The Kier molecular flexibility index (Phi) is 3.99. The van der Waals surface area contributed by atoms with Crippen LogP contribution in [0.25, 0.3) is 0 Å². The van der Waals surface area contributed by atoms with Gasteiger partial charge in [-0.2, -0.15) is 0 Å². The number of pyridine rings is 1. The van der Waals surface area contributed by atoms with E-state index >= 15 is 0 Å². The summed E-state index contributed by atoms with van der Waals surface area (Å²) in [4.78, 5) is 28.4. The first-order valence-electron chi connectivity index (χ1n) is 6.28. The smallest absolute Gasteiger partial charge is 0.323 e. The van der Waals surface area contributed by atoms with Crippen molar-refractivity contribution in [1.29, 1.82) is 0 Å². The van der Waals surface area contributed by atoms with Gasteiger partial charge in [0.15, 0.2) is 0 Å². The van der Waals surface area contributed by atoms with E-state index in [4.69, 9.17) is 5.11 Å². The lowest BCUT2D eigenvalue weighted by molar-refractivity contribution is -0.137. The zero-order valence-electron chi connectivity index (χ0n) is 10.7. The van der Waals surface area contributed by atoms with Crippen LogP contribution in [-0.4, -0.2) is 39.6 Å². The van der Waals surface area contributed by atoms with Crippen molar-refractivity contribution in [2.45, 2.75) is 31.8 Å². The molecule has 1 aromatic heterocycles. The average molecular weight is 263 g/mol. The summed E-state index contributed by atoms with van der Waals surface area (Å²) in [5, 5.41) is 11.6. The summed E-state index contributed by atoms with van der Waals surface area (Å²) in [6, 6.07) is 4.95. The predicted octanol–water partition coefficient (Wildman–Crippen LogP) is 1.40. The minimum absolute atomic E-state index is 0.0621. The van der Waals surface area contributed by atoms with Gasteiger partial charge >= 0.3 is 12.0 Å². The van der Waals surface area contributed by atoms with Gasteiger partial charge in [-0.3, -0.25) is 9.78 Å². The van der Waals surface area contributed by atoms with E-state index < -0.39 is 5.97 Å². The molecular formula is C13H17N3O3. The molecule has 1 unspecified atom stereocenters. The zero-order chi connectivity index (χ0) is 13.8. The summed E-state index contributed by atoms with van der Waals surface area (Å²) in [5.74, 6) is -0.993. The lowest BCUT2D eigenvalue weighted by Crippen LogP contribution is -2.44. The van der Waals surface area contributed by atoms with Crippen molar-refractivity contribution in [2.75, 3.05) is 6.54 Å². The van der Waals surface area contributed by atoms with Crippen LogP contribution in [0.5, 0.6) is 0 Å². The molecule has 0 radical (unpaired) electrons. The largest absolute Gasteiger partial charge is 0.480 e. The van der Waals surface area contributed by atoms with Crippen LogP contribution in [0.1, 0.15) is 31.5 Å². The average Bonchev–Trinajstić information content (AvgIpc) is 3.21. The van der Waals surface area contributed by atoms with E-state index in [0.717, 1.165) is 18.5 Å². The van der Waals surface area contributed by atoms with E-state index in [-0.39, 0.29) is 24.7 Å². The molecule has 1 saturated carbocycles. The standard InChI is InChI=1S/C13H17N3O3/c1-9(11-4-2-3-7-14-11)15-13(19)16(8-12(17)18)10-5-6-10/h2-4,7,9-10H,5-6,8H2,1H3,(H,15,19)(H,17,18). The highest BCUT2D eigenvalue weighted by atomic mass is 16.4. The quantitative estimate of drug-likeness (QED) is 0.841. The van der Waals surface area contributed by atoms with Gasteiger partial charge in [-0.15, -0.1) is 0 Å². The maximum atomic E-state index is 12.1. The van der Waals surface area contributed by atoms with Gasteiger partial charge in [-0.1, -0.05) is 6.07 Å². The zero-order valence-corrected chi connectivity index (χ0v) is 10.7. The van der Waals surface area contributed by atoms with E-state index in [1.165, 1.54) is 4.90 Å². The minimum Gasteiger partial charge on any atom is -0.480 e. The Morgan fingerprint density at radius 1 is 1.53 bits per heavy atom. The number of amides is 2. The van der Waals surface area contributed by atoms with E-state index in [1.54, 1.807) is 12.3 Å². The molecule has 1 aliphatic rings. The number of aliphatic carboxylic acids is 1. The van der Waals surface area contributed by atoms with Gasteiger partial charge in [0.25, 0.3) is 0 Å². The van der Waals surface area contributed by atoms with Crippen molar-refractivity contribution in [3.8, 4) is 0 Å². The summed E-state index contributed by atoms with van der Waals surface area (Å²) in [5.41, 5.74) is 0.752. The number of rotatable bonds is 5. The maximum absolute atomic E-state index is 12.1. The van der Waals surface area contributed by atoms with Crippen molar-refractivity contribution >= 4 is 12.0 Å². The molecule has 2 N–H and O–H groups in total. The molecular weight excluding hydrogens is 246 g/mol. The van der Waals surface area contributed by atoms with E-state index in [0.29, 0.717) is 0 Å². The van der Waals surface area contributed by atoms with Gasteiger partial charge in [0.05, 0.1) is 11.7 Å². The highest BCUT2D eigenvalue weighted by molar-refractivity contribution is 5.81. The first-order chi connectivity index (χ1) is 9.08. The number of carbonyl (C=O) groups excluding carboxylic acids is 1. The van der Waals surface area contributed by atoms with E-state index in [2.05, 4.69) is 10.3 Å². The number of urea groups is 1. The third-order valence-electron chi connectivity index (χ3n) is 3.03. The first-order valence-corrected chi connectivity index (χ1v) is 6.28. The second kappa shape index (κ2) is 5.69. The van der Waals surface area contributed by atoms with Crippen LogP contribution in [0.15, 0.2) is 24.4 Å². The van der Waals surface area contributed by atoms with Gasteiger partial charge in [0.2, 0.25) is 0 Å². The first kappa shape index (κ1) is 13.3. The Morgan fingerprint density at radius 3 is 2.79 bits per heavy atom. The van der Waals surface area contributed by atoms with Crippen molar-refractivity contribution in [3.63, 3.8) is 0 Å². The molecule has 0 bridgehead atoms. The fourth-order valence-electron chi connectivity index (χ4n) is 1.87. The number of hydrogen-bond donors (Lipinski definition) is 2. The van der Waals surface area contributed by atoms with Crippen LogP contribution in [0.2, 0.25) is 0 Å². The van der Waals surface area contributed by atoms with Gasteiger partial charge < -0.3 is 15.3 Å². The third kappa shape index (κ3) is 3.67. The molecule has 1 aromatic rings. The molecule has 1 heterocycles. The van der Waals surface area contributed by atoms with Gasteiger partial charge in [0, 0.05) is 12.2 Å². The Morgan fingerprint density at radius 2 is 2.26 bits per heavy atom. The minimum atomic E-state index is -0.993. The number of hydrogen-bond acceptors (Lipinski definition) is 3. The Labute approximate surface area is 111 Å². The van der Waals surface area contributed by atoms with Crippen molar-refractivity contribution in [2.24, 2.45) is 0 Å². The highest BCUT2D eigenvalue weighted by Crippen LogP contribution is 2.27. The monoisotopic (exact) mass is 263 g/mol. The number of nitrogens with one attached hydrogen (secondary N) is 1.